The molecule has 3 aromatic carbocycles. The van der Waals surface area contributed by atoms with Crippen molar-refractivity contribution in [3.05, 3.63) is 59.7 Å². The number of rotatable bonds is 6. The molecule has 0 saturated carbocycles. The van der Waals surface area contributed by atoms with Crippen molar-refractivity contribution in [3.8, 4) is 22.3 Å². The van der Waals surface area contributed by atoms with Gasteiger partial charge >= 0.3 is 0 Å². The monoisotopic (exact) mass is 510 g/mol. The molecule has 6 nitrogen and oxygen atoms in total. The molecule has 0 aromatic heterocycles. The van der Waals surface area contributed by atoms with Crippen molar-refractivity contribution in [3.63, 3.8) is 0 Å². The first-order chi connectivity index (χ1) is 16.2. The maximum atomic E-state index is 15.3. The van der Waals surface area contributed by atoms with Gasteiger partial charge in [0.25, 0.3) is 0 Å². The fraction of sp³-hybridized carbons (Fsp3) is 0.250. The molecule has 0 unspecified atom stereocenters. The van der Waals surface area contributed by atoms with E-state index in [1.165, 1.54) is 0 Å². The van der Waals surface area contributed by atoms with Gasteiger partial charge in [0.2, 0.25) is 10.0 Å². The molecule has 188 valence electrons. The molecule has 0 atom stereocenters. The van der Waals surface area contributed by atoms with Crippen LogP contribution in [0.2, 0.25) is 0 Å². The van der Waals surface area contributed by atoms with Crippen LogP contribution in [0.1, 0.15) is 0 Å². The lowest BCUT2D eigenvalue weighted by Crippen LogP contribution is -2.21. The Morgan fingerprint density at radius 1 is 0.629 bits per heavy atom. The lowest BCUT2D eigenvalue weighted by molar-refractivity contribution is 0.412. The molecule has 0 aliphatic carbocycles. The van der Waals surface area contributed by atoms with Crippen molar-refractivity contribution in [2.45, 2.75) is 4.90 Å². The molecular weight excluding hydrogens is 484 g/mol. The Morgan fingerprint density at radius 2 is 1.03 bits per heavy atom. The van der Waals surface area contributed by atoms with Crippen molar-refractivity contribution in [2.24, 2.45) is 5.14 Å². The number of nitrogens with two attached hydrogens (primary N) is 1. The number of primary sulfonamides is 1. The second-order valence-electron chi connectivity index (χ2n) is 8.62. The lowest BCUT2D eigenvalue weighted by Gasteiger charge is -2.30. The van der Waals surface area contributed by atoms with E-state index in [1.54, 1.807) is 50.1 Å². The fourth-order valence-electron chi connectivity index (χ4n) is 3.87. The van der Waals surface area contributed by atoms with Crippen molar-refractivity contribution in [1.29, 1.82) is 0 Å². The smallest absolute Gasteiger partial charge is 0.238 e. The zero-order valence-electron chi connectivity index (χ0n) is 20.1. The average Bonchev–Trinajstić information content (AvgIpc) is 2.78. The van der Waals surface area contributed by atoms with E-state index >= 15 is 8.78 Å². The number of halogens is 4. The summed E-state index contributed by atoms with van der Waals surface area (Å²) < 4.78 is 82.5. The minimum Gasteiger partial charge on any atom is -0.376 e. The standard InChI is InChI=1S/C24H26F4N4O2S/c1-30(2)16-11-14(12-17(31(3)4)24(16)32(5)6)19-18(20(25)22(27)23(28)21(19)26)13-7-9-15(10-8-13)35(29,33)34/h7-12H,1-6H3,(H2,29,33,34). The Hall–Kier alpha value is -3.31. The predicted octanol–water partition coefficient (Wildman–Crippen LogP) is 4.42. The summed E-state index contributed by atoms with van der Waals surface area (Å²) in [6, 6.07) is 7.59. The van der Waals surface area contributed by atoms with Gasteiger partial charge in [-0.2, -0.15) is 0 Å². The molecule has 2 N–H and O–H groups in total. The van der Waals surface area contributed by atoms with Gasteiger partial charge in [0, 0.05) is 53.4 Å². The van der Waals surface area contributed by atoms with Gasteiger partial charge in [-0.1, -0.05) is 12.1 Å². The molecule has 0 saturated heterocycles. The van der Waals surface area contributed by atoms with Crippen molar-refractivity contribution in [1.82, 2.24) is 0 Å². The Bertz CT molecular complexity index is 1360. The predicted molar refractivity (Wildman–Crippen MR) is 132 cm³/mol. The SMILES string of the molecule is CN(C)c1cc(-c2c(F)c(F)c(F)c(F)c2-c2ccc(S(N)(=O)=O)cc2)cc(N(C)C)c1N(C)C. The van der Waals surface area contributed by atoms with Crippen molar-refractivity contribution >= 4 is 27.1 Å². The van der Waals surface area contributed by atoms with Crippen LogP contribution in [0.5, 0.6) is 0 Å². The molecule has 0 amide bonds. The molecule has 3 aromatic rings. The number of sulfonamides is 1. The average molecular weight is 511 g/mol. The molecule has 0 aliphatic rings. The van der Waals surface area contributed by atoms with E-state index in [0.717, 1.165) is 30.0 Å². The topological polar surface area (TPSA) is 69.9 Å². The number of anilines is 3. The van der Waals surface area contributed by atoms with Crippen molar-refractivity contribution < 1.29 is 26.0 Å². The van der Waals surface area contributed by atoms with Crippen LogP contribution in [-0.2, 0) is 10.0 Å². The van der Waals surface area contributed by atoms with Gasteiger partial charge in [0.05, 0.1) is 22.0 Å². The molecule has 0 heterocycles. The normalized spacial score (nSPS) is 11.5. The van der Waals surface area contributed by atoms with Crippen LogP contribution in [0, 0.1) is 23.3 Å². The van der Waals surface area contributed by atoms with E-state index in [4.69, 9.17) is 5.14 Å². The van der Waals surface area contributed by atoms with Crippen molar-refractivity contribution in [2.75, 3.05) is 57.0 Å². The van der Waals surface area contributed by atoms with Gasteiger partial charge in [0.1, 0.15) is 0 Å². The Labute approximate surface area is 202 Å². The first-order valence-electron chi connectivity index (χ1n) is 10.4. The van der Waals surface area contributed by atoms with E-state index in [1.807, 2.05) is 19.0 Å². The first-order valence-corrected chi connectivity index (χ1v) is 11.9. The summed E-state index contributed by atoms with van der Waals surface area (Å²) in [6.07, 6.45) is 0. The van der Waals surface area contributed by atoms with Gasteiger partial charge in [-0.05, 0) is 35.4 Å². The molecule has 3 rings (SSSR count). The van der Waals surface area contributed by atoms with E-state index < -0.39 is 44.4 Å². The molecular formula is C24H26F4N4O2S. The van der Waals surface area contributed by atoms with Crippen LogP contribution in [-0.4, -0.2) is 50.7 Å². The number of hydrogen-bond acceptors (Lipinski definition) is 5. The number of hydrogen-bond donors (Lipinski definition) is 1. The summed E-state index contributed by atoms with van der Waals surface area (Å²) in [6.45, 7) is 0. The van der Waals surface area contributed by atoms with E-state index in [2.05, 4.69) is 0 Å². The third kappa shape index (κ3) is 4.78. The van der Waals surface area contributed by atoms with E-state index in [-0.39, 0.29) is 16.0 Å². The summed E-state index contributed by atoms with van der Waals surface area (Å²) in [4.78, 5) is 5.11. The van der Waals surface area contributed by atoms with Crippen LogP contribution in [0.15, 0.2) is 41.3 Å². The van der Waals surface area contributed by atoms with Gasteiger partial charge in [-0.25, -0.2) is 31.1 Å². The Kier molecular flexibility index (Phi) is 7.05. The summed E-state index contributed by atoms with van der Waals surface area (Å²) in [5.41, 5.74) is 1.01. The molecule has 11 heteroatoms. The molecule has 0 fully saturated rings. The minimum atomic E-state index is -4.06. The highest BCUT2D eigenvalue weighted by Crippen LogP contribution is 2.45. The summed E-state index contributed by atoms with van der Waals surface area (Å²) in [5, 5.41) is 5.11. The zero-order chi connectivity index (χ0) is 26.4. The highest BCUT2D eigenvalue weighted by atomic mass is 32.2. The quantitative estimate of drug-likeness (QED) is 0.302. The van der Waals surface area contributed by atoms with Crippen LogP contribution in [0.25, 0.3) is 22.3 Å². The molecule has 35 heavy (non-hydrogen) atoms. The third-order valence-corrected chi connectivity index (χ3v) is 6.44. The van der Waals surface area contributed by atoms with E-state index in [0.29, 0.717) is 11.4 Å². The zero-order valence-corrected chi connectivity index (χ0v) is 20.9. The second kappa shape index (κ2) is 9.38. The number of benzene rings is 3. The highest BCUT2D eigenvalue weighted by Gasteiger charge is 2.29. The first kappa shape index (κ1) is 26.3. The largest absolute Gasteiger partial charge is 0.376 e. The third-order valence-electron chi connectivity index (χ3n) is 5.51. The summed E-state index contributed by atoms with van der Waals surface area (Å²) in [7, 11) is 6.65. The maximum Gasteiger partial charge on any atom is 0.238 e. The fourth-order valence-corrected chi connectivity index (χ4v) is 4.39. The Balaban J connectivity index is 2.46. The molecule has 0 radical (unpaired) electrons. The minimum absolute atomic E-state index is 0.0582. The van der Waals surface area contributed by atoms with Gasteiger partial charge in [-0.3, -0.25) is 0 Å². The Morgan fingerprint density at radius 3 is 1.37 bits per heavy atom. The van der Waals surface area contributed by atoms with Crippen LogP contribution >= 0.6 is 0 Å². The van der Waals surface area contributed by atoms with Crippen LogP contribution < -0.4 is 19.8 Å². The van der Waals surface area contributed by atoms with Crippen LogP contribution in [0.3, 0.4) is 0 Å². The van der Waals surface area contributed by atoms with E-state index in [9.17, 15) is 17.2 Å². The molecule has 0 aliphatic heterocycles. The van der Waals surface area contributed by atoms with Crippen LogP contribution in [0.4, 0.5) is 34.6 Å². The lowest BCUT2D eigenvalue weighted by atomic mass is 9.91. The molecule has 0 spiro atoms. The molecule has 0 bridgehead atoms. The summed E-state index contributed by atoms with van der Waals surface area (Å²) in [5.74, 6) is -7.09. The maximum absolute atomic E-state index is 15.3. The van der Waals surface area contributed by atoms with Gasteiger partial charge < -0.3 is 14.7 Å². The number of nitrogens with zero attached hydrogens (tertiary/aromatic N) is 3. The summed E-state index contributed by atoms with van der Waals surface area (Å²) >= 11 is 0. The van der Waals surface area contributed by atoms with Gasteiger partial charge in [-0.15, -0.1) is 0 Å². The van der Waals surface area contributed by atoms with Gasteiger partial charge in [0.15, 0.2) is 23.3 Å². The highest BCUT2D eigenvalue weighted by molar-refractivity contribution is 7.89. The second-order valence-corrected chi connectivity index (χ2v) is 10.2.